The maximum Gasteiger partial charge on any atom is 0.677 e. The third-order valence-electron chi connectivity index (χ3n) is 3.95. The van der Waals surface area contributed by atoms with Crippen LogP contribution in [0.25, 0.3) is 6.08 Å². The molecule has 0 unspecified atom stereocenters. The summed E-state index contributed by atoms with van der Waals surface area (Å²) in [4.78, 5) is 15.2. The monoisotopic (exact) mass is 324 g/mol. The number of benzene rings is 1. The molecule has 0 aliphatic carbocycles. The van der Waals surface area contributed by atoms with Crippen molar-refractivity contribution in [3.63, 3.8) is 0 Å². The second kappa shape index (κ2) is 6.39. The SMILES string of the molecule is Cc1cc(C)n(B(F)F)c1/C=C1/C=CC(c2ccc(C=O)cc2)=N1. The Kier molecular flexibility index (Phi) is 4.29. The van der Waals surface area contributed by atoms with Crippen molar-refractivity contribution in [3.05, 3.63) is 76.3 Å². The van der Waals surface area contributed by atoms with Crippen LogP contribution in [0.1, 0.15) is 32.9 Å². The van der Waals surface area contributed by atoms with Gasteiger partial charge in [0.15, 0.2) is 0 Å². The second-order valence-electron chi connectivity index (χ2n) is 5.64. The quantitative estimate of drug-likeness (QED) is 0.616. The Morgan fingerprint density at radius 1 is 1.12 bits per heavy atom. The summed E-state index contributed by atoms with van der Waals surface area (Å²) in [5.74, 6) is 0. The summed E-state index contributed by atoms with van der Waals surface area (Å²) in [6.45, 7) is 3.47. The molecule has 2 aromatic rings. The molecule has 1 aliphatic rings. The first-order valence-corrected chi connectivity index (χ1v) is 7.50. The third-order valence-corrected chi connectivity index (χ3v) is 3.95. The molecule has 0 spiro atoms. The number of rotatable bonds is 4. The fourth-order valence-corrected chi connectivity index (χ4v) is 2.77. The first-order valence-electron chi connectivity index (χ1n) is 7.50. The molecule has 0 saturated carbocycles. The van der Waals surface area contributed by atoms with Crippen LogP contribution in [0.2, 0.25) is 0 Å². The molecule has 1 aliphatic heterocycles. The Hall–Kier alpha value is -2.76. The minimum atomic E-state index is -2.59. The normalized spacial score (nSPS) is 15.0. The van der Waals surface area contributed by atoms with Gasteiger partial charge in [-0.2, -0.15) is 0 Å². The Bertz CT molecular complexity index is 877. The Balaban J connectivity index is 1.95. The first-order chi connectivity index (χ1) is 11.5. The third kappa shape index (κ3) is 3.00. The molecule has 3 nitrogen and oxygen atoms in total. The summed E-state index contributed by atoms with van der Waals surface area (Å²) in [5.41, 5.74) is 4.59. The molecular formula is C18H15BF2N2O. The molecule has 3 rings (SSSR count). The summed E-state index contributed by atoms with van der Waals surface area (Å²) >= 11 is 0. The molecule has 24 heavy (non-hydrogen) atoms. The van der Waals surface area contributed by atoms with Gasteiger partial charge in [-0.25, -0.2) is 4.99 Å². The van der Waals surface area contributed by atoms with E-state index in [0.29, 0.717) is 22.6 Å². The number of carbonyl (C=O) groups excluding carboxylic acids is 1. The summed E-state index contributed by atoms with van der Waals surface area (Å²) in [6.07, 6.45) is 6.07. The van der Waals surface area contributed by atoms with Crippen molar-refractivity contribution in [1.82, 2.24) is 4.48 Å². The van der Waals surface area contributed by atoms with Crippen LogP contribution in [0.3, 0.4) is 0 Å². The minimum Gasteiger partial charge on any atom is -0.329 e. The van der Waals surface area contributed by atoms with E-state index in [9.17, 15) is 13.4 Å². The van der Waals surface area contributed by atoms with Gasteiger partial charge in [0.2, 0.25) is 0 Å². The molecule has 0 bridgehead atoms. The molecule has 0 saturated heterocycles. The van der Waals surface area contributed by atoms with Crippen molar-refractivity contribution in [1.29, 1.82) is 0 Å². The van der Waals surface area contributed by atoms with Crippen LogP contribution in [0.15, 0.2) is 53.2 Å². The number of nitrogens with zero attached hydrogens (tertiary/aromatic N) is 2. The van der Waals surface area contributed by atoms with Crippen LogP contribution in [-0.4, -0.2) is 23.9 Å². The molecule has 0 N–H and O–H groups in total. The second-order valence-corrected chi connectivity index (χ2v) is 5.64. The predicted octanol–water partition coefficient (Wildman–Crippen LogP) is 4.09. The van der Waals surface area contributed by atoms with E-state index in [1.165, 1.54) is 0 Å². The zero-order valence-electron chi connectivity index (χ0n) is 13.3. The van der Waals surface area contributed by atoms with Gasteiger partial charge in [0.1, 0.15) is 6.29 Å². The number of hydrogen-bond donors (Lipinski definition) is 0. The van der Waals surface area contributed by atoms with Gasteiger partial charge < -0.3 is 4.48 Å². The van der Waals surface area contributed by atoms with Crippen LogP contribution < -0.4 is 0 Å². The molecular weight excluding hydrogens is 309 g/mol. The molecule has 2 heterocycles. The fraction of sp³-hybridized carbons (Fsp3) is 0.111. The van der Waals surface area contributed by atoms with E-state index in [1.807, 2.05) is 18.2 Å². The van der Waals surface area contributed by atoms with Gasteiger partial charge in [0.05, 0.1) is 11.4 Å². The number of halogens is 2. The average molecular weight is 324 g/mol. The molecule has 1 aromatic carbocycles. The highest BCUT2D eigenvalue weighted by molar-refractivity contribution is 6.41. The number of carbonyl (C=O) groups is 1. The Morgan fingerprint density at radius 3 is 2.46 bits per heavy atom. The van der Waals surface area contributed by atoms with Crippen molar-refractivity contribution in [2.45, 2.75) is 13.8 Å². The first kappa shape index (κ1) is 16.1. The van der Waals surface area contributed by atoms with Gasteiger partial charge in [-0.05, 0) is 43.7 Å². The average Bonchev–Trinajstić information content (AvgIpc) is 3.12. The number of hydrogen-bond acceptors (Lipinski definition) is 2. The van der Waals surface area contributed by atoms with E-state index >= 15 is 0 Å². The summed E-state index contributed by atoms with van der Waals surface area (Å²) in [5, 5.41) is 0. The number of aliphatic imine (C=N–C) groups is 1. The standard InChI is InChI=1S/C18H15BF2N2O/c1-12-9-13(2)23(19(20)21)18(12)10-16-7-8-17(22-16)15-5-3-14(11-24)4-6-15/h3-11H,1-2H3/b16-10-. The lowest BCUT2D eigenvalue weighted by atomic mass is 10.1. The van der Waals surface area contributed by atoms with Crippen molar-refractivity contribution < 1.29 is 13.4 Å². The fourth-order valence-electron chi connectivity index (χ4n) is 2.77. The van der Waals surface area contributed by atoms with E-state index in [1.54, 1.807) is 44.2 Å². The van der Waals surface area contributed by atoms with E-state index in [2.05, 4.69) is 4.99 Å². The van der Waals surface area contributed by atoms with Gasteiger partial charge in [-0.3, -0.25) is 13.4 Å². The van der Waals surface area contributed by atoms with Crippen LogP contribution in [0.4, 0.5) is 8.63 Å². The highest BCUT2D eigenvalue weighted by Crippen LogP contribution is 2.23. The number of aldehydes is 1. The molecule has 0 fully saturated rings. The number of aryl methyl sites for hydroxylation is 2. The lowest BCUT2D eigenvalue weighted by Crippen LogP contribution is -2.16. The Labute approximate surface area is 139 Å². The molecule has 0 radical (unpaired) electrons. The van der Waals surface area contributed by atoms with Crippen LogP contribution in [-0.2, 0) is 0 Å². The summed E-state index contributed by atoms with van der Waals surface area (Å²) < 4.78 is 27.5. The Morgan fingerprint density at radius 2 is 1.83 bits per heavy atom. The van der Waals surface area contributed by atoms with Gasteiger partial charge in [0, 0.05) is 22.5 Å². The molecule has 120 valence electrons. The zero-order chi connectivity index (χ0) is 17.3. The largest absolute Gasteiger partial charge is 0.677 e. The minimum absolute atomic E-state index is 0.462. The van der Waals surface area contributed by atoms with Crippen LogP contribution in [0.5, 0.6) is 0 Å². The zero-order valence-corrected chi connectivity index (χ0v) is 13.3. The van der Waals surface area contributed by atoms with E-state index < -0.39 is 7.40 Å². The molecule has 1 aromatic heterocycles. The van der Waals surface area contributed by atoms with Gasteiger partial charge in [-0.15, -0.1) is 0 Å². The van der Waals surface area contributed by atoms with E-state index in [-0.39, 0.29) is 0 Å². The van der Waals surface area contributed by atoms with Crippen molar-refractivity contribution in [2.75, 3.05) is 0 Å². The van der Waals surface area contributed by atoms with Crippen LogP contribution >= 0.6 is 0 Å². The molecule has 6 heteroatoms. The van der Waals surface area contributed by atoms with Crippen molar-refractivity contribution in [3.8, 4) is 0 Å². The summed E-state index contributed by atoms with van der Waals surface area (Å²) in [6, 6.07) is 8.80. The smallest absolute Gasteiger partial charge is 0.329 e. The highest BCUT2D eigenvalue weighted by atomic mass is 19.2. The van der Waals surface area contributed by atoms with Gasteiger partial charge in [0.25, 0.3) is 0 Å². The lowest BCUT2D eigenvalue weighted by molar-refractivity contribution is 0.112. The maximum absolute atomic E-state index is 13.2. The number of aromatic nitrogens is 1. The highest BCUT2D eigenvalue weighted by Gasteiger charge is 2.23. The maximum atomic E-state index is 13.2. The lowest BCUT2D eigenvalue weighted by Gasteiger charge is -2.05. The molecule has 0 atom stereocenters. The molecule has 0 amide bonds. The van der Waals surface area contributed by atoms with E-state index in [4.69, 9.17) is 0 Å². The summed E-state index contributed by atoms with van der Waals surface area (Å²) in [7, 11) is -2.59. The van der Waals surface area contributed by atoms with Crippen molar-refractivity contribution >= 4 is 25.5 Å². The van der Waals surface area contributed by atoms with Gasteiger partial charge in [-0.1, -0.05) is 24.3 Å². The number of allylic oxidation sites excluding steroid dienone is 2. The predicted molar refractivity (Wildman–Crippen MR) is 92.8 cm³/mol. The topological polar surface area (TPSA) is 34.4 Å². The van der Waals surface area contributed by atoms with Crippen molar-refractivity contribution in [2.24, 2.45) is 4.99 Å². The van der Waals surface area contributed by atoms with Gasteiger partial charge >= 0.3 is 7.40 Å². The van der Waals surface area contributed by atoms with Crippen LogP contribution in [0, 0.1) is 13.8 Å². The van der Waals surface area contributed by atoms with E-state index in [0.717, 1.165) is 27.6 Å².